The number of rotatable bonds is 10. The Morgan fingerprint density at radius 1 is 1.13 bits per heavy atom. The Labute approximate surface area is 223 Å². The van der Waals surface area contributed by atoms with Gasteiger partial charge in [-0.15, -0.1) is 0 Å². The molecular formula is C22H33F2N2O10PS. The van der Waals surface area contributed by atoms with Gasteiger partial charge in [-0.1, -0.05) is 0 Å². The first kappa shape index (κ1) is 32.2. The standard InChI is InChI=1S/C22H33F2N2O10PS/c1-13-9-26(19(38)25-16(13)27)15-8-14(23)22(24,36-15)10-33-37(30,34-11-31-17(28)20(2,3)4)35-12-32-18(29)21(5,6)7/h9,14-15H,8,10-12H2,1-7H3,(H,25,27,38)/t14-,15+,22+/m0/s1. The van der Waals surface area contributed by atoms with E-state index in [1.54, 1.807) is 41.5 Å². The predicted octanol–water partition coefficient (Wildman–Crippen LogP) is 4.39. The number of carbonyl (C=O) groups is 2. The van der Waals surface area contributed by atoms with E-state index in [0.29, 0.717) is 0 Å². The molecule has 1 aliphatic rings. The Morgan fingerprint density at radius 2 is 1.63 bits per heavy atom. The molecule has 0 bridgehead atoms. The molecule has 0 aliphatic carbocycles. The van der Waals surface area contributed by atoms with Gasteiger partial charge in [0, 0.05) is 18.2 Å². The lowest BCUT2D eigenvalue weighted by Crippen LogP contribution is -2.37. The zero-order chi connectivity index (χ0) is 29.1. The number of ether oxygens (including phenoxy) is 3. The predicted molar refractivity (Wildman–Crippen MR) is 131 cm³/mol. The molecule has 1 aromatic rings. The quantitative estimate of drug-likeness (QED) is 0.180. The molecule has 1 aromatic heterocycles. The number of nitrogens with zero attached hydrogens (tertiary/aromatic N) is 1. The summed E-state index contributed by atoms with van der Waals surface area (Å²) in [4.78, 5) is 38.0. The van der Waals surface area contributed by atoms with Gasteiger partial charge in [-0.2, -0.15) is 0 Å². The molecule has 12 nitrogen and oxygen atoms in total. The van der Waals surface area contributed by atoms with E-state index in [2.05, 4.69) is 4.98 Å². The molecule has 1 aliphatic heterocycles. The van der Waals surface area contributed by atoms with Gasteiger partial charge in [0.2, 0.25) is 13.6 Å². The molecule has 0 unspecified atom stereocenters. The fraction of sp³-hybridized carbons (Fsp3) is 0.727. The van der Waals surface area contributed by atoms with E-state index in [0.717, 1.165) is 0 Å². The molecule has 216 valence electrons. The summed E-state index contributed by atoms with van der Waals surface area (Å²) in [7, 11) is -4.79. The SMILES string of the molecule is Cc1cn([C@H]2C[C@H](F)[C@@](F)(COP(=O)(OCOC(=O)C(C)(C)C)OCOC(=O)C(C)(C)C)O2)c(=S)[nH]c1=O. The third-order valence-corrected chi connectivity index (χ3v) is 6.71. The first-order valence-corrected chi connectivity index (χ1v) is 13.4. The second kappa shape index (κ2) is 12.0. The summed E-state index contributed by atoms with van der Waals surface area (Å²) in [5.74, 6) is -4.57. The van der Waals surface area contributed by atoms with Crippen LogP contribution in [0.5, 0.6) is 0 Å². The second-order valence-corrected chi connectivity index (χ2v) is 12.7. The molecule has 3 atom stereocenters. The summed E-state index contributed by atoms with van der Waals surface area (Å²) in [5.41, 5.74) is -2.08. The van der Waals surface area contributed by atoms with Crippen LogP contribution in [0, 0.1) is 22.5 Å². The van der Waals surface area contributed by atoms with E-state index in [1.165, 1.54) is 17.7 Å². The Kier molecular flexibility index (Phi) is 10.2. The molecule has 1 saturated heterocycles. The van der Waals surface area contributed by atoms with Crippen molar-refractivity contribution in [2.24, 2.45) is 10.8 Å². The number of H-pyrrole nitrogens is 1. The maximum absolute atomic E-state index is 15.5. The van der Waals surface area contributed by atoms with E-state index < -0.39 is 81.0 Å². The number of alkyl halides is 2. The summed E-state index contributed by atoms with van der Waals surface area (Å²) in [6.07, 6.45) is -2.76. The van der Waals surface area contributed by atoms with Crippen LogP contribution in [0.4, 0.5) is 8.78 Å². The van der Waals surface area contributed by atoms with Crippen LogP contribution in [0.2, 0.25) is 0 Å². The highest BCUT2D eigenvalue weighted by Gasteiger charge is 2.53. The average molecular weight is 587 g/mol. The van der Waals surface area contributed by atoms with Gasteiger partial charge in [-0.05, 0) is 60.7 Å². The lowest BCUT2D eigenvalue weighted by atomic mass is 9.98. The van der Waals surface area contributed by atoms with Crippen molar-refractivity contribution in [3.8, 4) is 0 Å². The molecule has 0 amide bonds. The highest BCUT2D eigenvalue weighted by atomic mass is 32.1. The Hall–Kier alpha value is -2.03. The van der Waals surface area contributed by atoms with Crippen LogP contribution in [0.15, 0.2) is 11.0 Å². The second-order valence-electron chi connectivity index (χ2n) is 10.6. The summed E-state index contributed by atoms with van der Waals surface area (Å²) in [5, 5.41) is 0. The van der Waals surface area contributed by atoms with Crippen molar-refractivity contribution in [3.63, 3.8) is 0 Å². The average Bonchev–Trinajstić information content (AvgIpc) is 3.08. The maximum atomic E-state index is 15.5. The summed E-state index contributed by atoms with van der Waals surface area (Å²) < 4.78 is 74.1. The lowest BCUT2D eigenvalue weighted by Gasteiger charge is -2.25. The number of phosphoric ester groups is 1. The maximum Gasteiger partial charge on any atom is 0.480 e. The number of phosphoric acid groups is 1. The van der Waals surface area contributed by atoms with Crippen molar-refractivity contribution in [2.45, 2.75) is 73.1 Å². The first-order valence-electron chi connectivity index (χ1n) is 11.5. The van der Waals surface area contributed by atoms with Crippen LogP contribution >= 0.6 is 20.0 Å². The molecule has 2 heterocycles. The molecule has 38 heavy (non-hydrogen) atoms. The monoisotopic (exact) mass is 586 g/mol. The zero-order valence-corrected chi connectivity index (χ0v) is 23.9. The largest absolute Gasteiger partial charge is 0.480 e. The van der Waals surface area contributed by atoms with Crippen LogP contribution in [-0.4, -0.2) is 53.7 Å². The number of nitrogens with one attached hydrogen (secondary N) is 1. The summed E-state index contributed by atoms with van der Waals surface area (Å²) in [6.45, 7) is 7.72. The number of halogens is 2. The van der Waals surface area contributed by atoms with Crippen molar-refractivity contribution in [1.82, 2.24) is 9.55 Å². The third-order valence-electron chi connectivity index (χ3n) is 5.11. The van der Waals surface area contributed by atoms with Gasteiger partial charge >= 0.3 is 19.8 Å². The molecule has 0 aromatic carbocycles. The van der Waals surface area contributed by atoms with Gasteiger partial charge in [0.1, 0.15) is 12.8 Å². The lowest BCUT2D eigenvalue weighted by molar-refractivity contribution is -0.196. The van der Waals surface area contributed by atoms with Gasteiger partial charge < -0.3 is 14.2 Å². The minimum atomic E-state index is -4.79. The van der Waals surface area contributed by atoms with E-state index >= 15 is 4.39 Å². The van der Waals surface area contributed by atoms with Crippen molar-refractivity contribution in [3.05, 3.63) is 26.9 Å². The number of aromatic amines is 1. The number of aryl methyl sites for hydroxylation is 1. The Bertz CT molecular complexity index is 1160. The molecule has 1 N–H and O–H groups in total. The van der Waals surface area contributed by atoms with E-state index in [9.17, 15) is 23.3 Å². The highest BCUT2D eigenvalue weighted by Crippen LogP contribution is 2.52. The van der Waals surface area contributed by atoms with E-state index in [4.69, 9.17) is 40.0 Å². The van der Waals surface area contributed by atoms with Gasteiger partial charge in [-0.25, -0.2) is 22.4 Å². The molecule has 0 saturated carbocycles. The molecule has 1 fully saturated rings. The summed E-state index contributed by atoms with van der Waals surface area (Å²) in [6, 6.07) is 0. The number of carbonyl (C=O) groups excluding carboxylic acids is 2. The third kappa shape index (κ3) is 8.48. The summed E-state index contributed by atoms with van der Waals surface area (Å²) >= 11 is 5.05. The minimum Gasteiger partial charge on any atom is -0.437 e. The van der Waals surface area contributed by atoms with Gasteiger partial charge in [-0.3, -0.25) is 28.5 Å². The molecule has 2 rings (SSSR count). The highest BCUT2D eigenvalue weighted by molar-refractivity contribution is 7.71. The number of aromatic nitrogens is 2. The molecule has 0 spiro atoms. The van der Waals surface area contributed by atoms with Crippen LogP contribution in [0.25, 0.3) is 0 Å². The number of hydrogen-bond donors (Lipinski definition) is 1. The van der Waals surface area contributed by atoms with Crippen LogP contribution in [-0.2, 0) is 41.9 Å². The topological polar surface area (TPSA) is 144 Å². The Morgan fingerprint density at radius 3 is 2.11 bits per heavy atom. The normalized spacial score (nSPS) is 22.3. The molecule has 16 heteroatoms. The van der Waals surface area contributed by atoms with Crippen LogP contribution < -0.4 is 5.56 Å². The van der Waals surface area contributed by atoms with E-state index in [-0.39, 0.29) is 10.3 Å². The fourth-order valence-electron chi connectivity index (χ4n) is 2.80. The van der Waals surface area contributed by atoms with Crippen molar-refractivity contribution in [1.29, 1.82) is 0 Å². The minimum absolute atomic E-state index is 0.123. The van der Waals surface area contributed by atoms with Crippen LogP contribution in [0.1, 0.15) is 59.8 Å². The fourth-order valence-corrected chi connectivity index (χ4v) is 3.98. The van der Waals surface area contributed by atoms with Gasteiger partial charge in [0.05, 0.1) is 10.8 Å². The number of esters is 2. The van der Waals surface area contributed by atoms with Crippen molar-refractivity contribution >= 4 is 32.0 Å². The Balaban J connectivity index is 2.14. The number of hydrogen-bond acceptors (Lipinski definition) is 11. The van der Waals surface area contributed by atoms with Crippen molar-refractivity contribution < 1.29 is 50.7 Å². The smallest absolute Gasteiger partial charge is 0.437 e. The molecule has 0 radical (unpaired) electrons. The van der Waals surface area contributed by atoms with Crippen LogP contribution in [0.3, 0.4) is 0 Å². The van der Waals surface area contributed by atoms with Crippen molar-refractivity contribution in [2.75, 3.05) is 20.2 Å². The first-order chi connectivity index (χ1) is 17.3. The van der Waals surface area contributed by atoms with Gasteiger partial charge in [0.25, 0.3) is 11.4 Å². The zero-order valence-electron chi connectivity index (χ0n) is 22.2. The molecular weight excluding hydrogens is 553 g/mol. The van der Waals surface area contributed by atoms with Gasteiger partial charge in [0.15, 0.2) is 10.9 Å². The van der Waals surface area contributed by atoms with E-state index in [1.807, 2.05) is 0 Å².